The summed E-state index contributed by atoms with van der Waals surface area (Å²) in [7, 11) is 2.01. The first-order chi connectivity index (χ1) is 10.3. The molecule has 0 fully saturated rings. The summed E-state index contributed by atoms with van der Waals surface area (Å²) in [5.41, 5.74) is 2.42. The van der Waals surface area contributed by atoms with Crippen molar-refractivity contribution in [3.63, 3.8) is 0 Å². The summed E-state index contributed by atoms with van der Waals surface area (Å²) in [6, 6.07) is 7.17. The van der Waals surface area contributed by atoms with Crippen molar-refractivity contribution in [3.8, 4) is 0 Å². The van der Waals surface area contributed by atoms with Crippen LogP contribution in [0.3, 0.4) is 0 Å². The molecule has 0 bridgehead atoms. The highest BCUT2D eigenvalue weighted by molar-refractivity contribution is 5.12. The Hall–Kier alpha value is -1.68. The van der Waals surface area contributed by atoms with Gasteiger partial charge in [-0.3, -0.25) is 9.67 Å². The van der Waals surface area contributed by atoms with E-state index in [9.17, 15) is 0 Å². The topological polar surface area (TPSA) is 42.7 Å². The minimum atomic E-state index is 0.388. The van der Waals surface area contributed by atoms with Crippen molar-refractivity contribution in [3.05, 3.63) is 48.0 Å². The minimum Gasteiger partial charge on any atom is -0.316 e. The molecular weight excluding hydrogens is 260 g/mol. The zero-order chi connectivity index (χ0) is 15.1. The van der Waals surface area contributed by atoms with Crippen LogP contribution in [0.25, 0.3) is 0 Å². The first-order valence-corrected chi connectivity index (χ1v) is 7.87. The zero-order valence-corrected chi connectivity index (χ0v) is 13.3. The third kappa shape index (κ3) is 4.39. The second-order valence-electron chi connectivity index (χ2n) is 5.51. The Morgan fingerprint density at radius 1 is 1.19 bits per heavy atom. The molecule has 21 heavy (non-hydrogen) atoms. The standard InChI is InChI=1S/C17H26N4/c1-4-17(5-2)21-10-8-15(20-21)12-16(18-3)11-14-7-6-9-19-13-14/h6-10,13,16-18H,4-5,11-12H2,1-3H3. The van der Waals surface area contributed by atoms with Gasteiger partial charge in [0, 0.05) is 31.1 Å². The van der Waals surface area contributed by atoms with E-state index in [0.29, 0.717) is 12.1 Å². The number of hydrogen-bond acceptors (Lipinski definition) is 3. The Morgan fingerprint density at radius 3 is 2.62 bits per heavy atom. The normalized spacial score (nSPS) is 12.8. The van der Waals surface area contributed by atoms with Gasteiger partial charge in [-0.15, -0.1) is 0 Å². The Bertz CT molecular complexity index is 517. The van der Waals surface area contributed by atoms with E-state index in [-0.39, 0.29) is 0 Å². The van der Waals surface area contributed by atoms with Crippen LogP contribution in [0.2, 0.25) is 0 Å². The lowest BCUT2D eigenvalue weighted by Crippen LogP contribution is -2.30. The Kier molecular flexibility index (Phi) is 5.93. The van der Waals surface area contributed by atoms with Crippen LogP contribution in [0.15, 0.2) is 36.8 Å². The van der Waals surface area contributed by atoms with Crippen molar-refractivity contribution in [2.75, 3.05) is 7.05 Å². The molecule has 4 nitrogen and oxygen atoms in total. The lowest BCUT2D eigenvalue weighted by Gasteiger charge is -2.15. The molecule has 0 aliphatic carbocycles. The first-order valence-electron chi connectivity index (χ1n) is 7.87. The molecular formula is C17H26N4. The fourth-order valence-corrected chi connectivity index (χ4v) is 2.68. The van der Waals surface area contributed by atoms with Gasteiger partial charge in [-0.25, -0.2) is 0 Å². The maximum atomic E-state index is 4.74. The Labute approximate surface area is 127 Å². The molecule has 1 unspecified atom stereocenters. The highest BCUT2D eigenvalue weighted by Crippen LogP contribution is 2.15. The summed E-state index contributed by atoms with van der Waals surface area (Å²) < 4.78 is 2.12. The van der Waals surface area contributed by atoms with Crippen LogP contribution in [0.4, 0.5) is 0 Å². The van der Waals surface area contributed by atoms with Gasteiger partial charge in [0.2, 0.25) is 0 Å². The maximum Gasteiger partial charge on any atom is 0.0640 e. The van der Waals surface area contributed by atoms with Crippen LogP contribution in [0.5, 0.6) is 0 Å². The average Bonchev–Trinajstić information content (AvgIpc) is 2.97. The van der Waals surface area contributed by atoms with Gasteiger partial charge in [0.05, 0.1) is 11.7 Å². The monoisotopic (exact) mass is 286 g/mol. The van der Waals surface area contributed by atoms with Crippen molar-refractivity contribution in [1.82, 2.24) is 20.1 Å². The molecule has 0 aliphatic heterocycles. The molecule has 0 spiro atoms. The third-order valence-corrected chi connectivity index (χ3v) is 4.05. The maximum absolute atomic E-state index is 4.74. The second kappa shape index (κ2) is 7.93. The van der Waals surface area contributed by atoms with Crippen LogP contribution in [-0.2, 0) is 12.8 Å². The van der Waals surface area contributed by atoms with Gasteiger partial charge in [0.15, 0.2) is 0 Å². The number of likely N-dealkylation sites (N-methyl/N-ethyl adjacent to an activating group) is 1. The number of pyridine rings is 1. The number of nitrogens with one attached hydrogen (secondary N) is 1. The fraction of sp³-hybridized carbons (Fsp3) is 0.529. The van der Waals surface area contributed by atoms with Gasteiger partial charge in [0.25, 0.3) is 0 Å². The van der Waals surface area contributed by atoms with Gasteiger partial charge in [-0.05, 0) is 44.0 Å². The smallest absolute Gasteiger partial charge is 0.0640 e. The van der Waals surface area contributed by atoms with Crippen LogP contribution < -0.4 is 5.32 Å². The van der Waals surface area contributed by atoms with E-state index in [2.05, 4.69) is 47.2 Å². The lowest BCUT2D eigenvalue weighted by atomic mass is 10.0. The van der Waals surface area contributed by atoms with Gasteiger partial charge in [-0.2, -0.15) is 5.10 Å². The Morgan fingerprint density at radius 2 is 2.00 bits per heavy atom. The van der Waals surface area contributed by atoms with Crippen molar-refractivity contribution in [2.24, 2.45) is 0 Å². The molecule has 4 heteroatoms. The summed E-state index contributed by atoms with van der Waals surface area (Å²) in [4.78, 5) is 4.18. The van der Waals surface area contributed by atoms with E-state index >= 15 is 0 Å². The van der Waals surface area contributed by atoms with E-state index in [1.54, 1.807) is 0 Å². The third-order valence-electron chi connectivity index (χ3n) is 4.05. The van der Waals surface area contributed by atoms with Crippen LogP contribution in [0.1, 0.15) is 44.0 Å². The summed E-state index contributed by atoms with van der Waals surface area (Å²) in [6.45, 7) is 4.43. The van der Waals surface area contributed by atoms with E-state index in [4.69, 9.17) is 5.10 Å². The quantitative estimate of drug-likeness (QED) is 0.811. The summed E-state index contributed by atoms with van der Waals surface area (Å²) in [6.07, 6.45) is 10.0. The molecule has 0 saturated carbocycles. The predicted octanol–water partition coefficient (Wildman–Crippen LogP) is 3.01. The fourth-order valence-electron chi connectivity index (χ4n) is 2.68. The molecule has 1 N–H and O–H groups in total. The molecule has 0 amide bonds. The average molecular weight is 286 g/mol. The van der Waals surface area contributed by atoms with Gasteiger partial charge < -0.3 is 5.32 Å². The van der Waals surface area contributed by atoms with Gasteiger partial charge in [-0.1, -0.05) is 19.9 Å². The molecule has 2 heterocycles. The second-order valence-corrected chi connectivity index (χ2v) is 5.51. The number of rotatable bonds is 8. The highest BCUT2D eigenvalue weighted by Gasteiger charge is 2.12. The van der Waals surface area contributed by atoms with Crippen molar-refractivity contribution in [1.29, 1.82) is 0 Å². The van der Waals surface area contributed by atoms with Crippen molar-refractivity contribution >= 4 is 0 Å². The predicted molar refractivity (Wildman–Crippen MR) is 86.3 cm³/mol. The summed E-state index contributed by atoms with van der Waals surface area (Å²) in [5.74, 6) is 0. The van der Waals surface area contributed by atoms with Gasteiger partial charge in [0.1, 0.15) is 0 Å². The SMILES string of the molecule is CCC(CC)n1ccc(CC(Cc2cccnc2)NC)n1. The molecule has 0 saturated heterocycles. The largest absolute Gasteiger partial charge is 0.316 e. The minimum absolute atomic E-state index is 0.388. The van der Waals surface area contributed by atoms with Gasteiger partial charge >= 0.3 is 0 Å². The molecule has 2 rings (SSSR count). The van der Waals surface area contributed by atoms with Crippen molar-refractivity contribution in [2.45, 2.75) is 51.6 Å². The number of aromatic nitrogens is 3. The molecule has 0 aromatic carbocycles. The zero-order valence-electron chi connectivity index (χ0n) is 13.3. The Balaban J connectivity index is 1.99. The highest BCUT2D eigenvalue weighted by atomic mass is 15.3. The van der Waals surface area contributed by atoms with Crippen LogP contribution in [0, 0.1) is 0 Å². The van der Waals surface area contributed by atoms with Crippen molar-refractivity contribution < 1.29 is 0 Å². The summed E-state index contributed by atoms with van der Waals surface area (Å²) in [5, 5.41) is 8.13. The summed E-state index contributed by atoms with van der Waals surface area (Å²) >= 11 is 0. The molecule has 114 valence electrons. The lowest BCUT2D eigenvalue weighted by molar-refractivity contribution is 0.422. The molecule has 2 aromatic heterocycles. The number of hydrogen-bond donors (Lipinski definition) is 1. The first kappa shape index (κ1) is 15.7. The van der Waals surface area contributed by atoms with E-state index < -0.39 is 0 Å². The molecule has 0 radical (unpaired) electrons. The molecule has 1 atom stereocenters. The molecule has 0 aliphatic rings. The molecule has 2 aromatic rings. The van der Waals surface area contributed by atoms with Crippen LogP contribution >= 0.6 is 0 Å². The number of nitrogens with zero attached hydrogens (tertiary/aromatic N) is 3. The van der Waals surface area contributed by atoms with E-state index in [1.807, 2.05) is 25.5 Å². The van der Waals surface area contributed by atoms with E-state index in [0.717, 1.165) is 31.4 Å². The van der Waals surface area contributed by atoms with E-state index in [1.165, 1.54) is 5.56 Å². The van der Waals surface area contributed by atoms with Crippen LogP contribution in [-0.4, -0.2) is 27.9 Å².